The molecule has 2 unspecified atom stereocenters. The molecular formula is C30H32O3Si. The summed E-state index contributed by atoms with van der Waals surface area (Å²) in [7, 11) is -2.71. The maximum atomic E-state index is 13.4. The Balaban J connectivity index is 1.59. The van der Waals surface area contributed by atoms with Gasteiger partial charge in [0.1, 0.15) is 0 Å². The predicted octanol–water partition coefficient (Wildman–Crippen LogP) is 5.13. The van der Waals surface area contributed by atoms with Crippen LogP contribution in [0, 0.1) is 5.92 Å². The van der Waals surface area contributed by atoms with Gasteiger partial charge in [-0.05, 0) is 34.3 Å². The monoisotopic (exact) mass is 468 g/mol. The highest BCUT2D eigenvalue weighted by molar-refractivity contribution is 6.99. The molecular weight excluding hydrogens is 436 g/mol. The van der Waals surface area contributed by atoms with Crippen molar-refractivity contribution in [3.63, 3.8) is 0 Å². The predicted molar refractivity (Wildman–Crippen MR) is 139 cm³/mol. The molecule has 0 amide bonds. The minimum atomic E-state index is -2.71. The van der Waals surface area contributed by atoms with Gasteiger partial charge in [-0.2, -0.15) is 0 Å². The number of benzene rings is 3. The fraction of sp³-hybridized carbons (Fsp3) is 0.300. The van der Waals surface area contributed by atoms with Crippen LogP contribution in [-0.4, -0.2) is 20.7 Å². The number of ether oxygens (including phenoxy) is 1. The van der Waals surface area contributed by atoms with E-state index >= 15 is 0 Å². The van der Waals surface area contributed by atoms with Crippen LogP contribution in [0.15, 0.2) is 96.8 Å². The summed E-state index contributed by atoms with van der Waals surface area (Å²) in [6.07, 6.45) is 2.42. The van der Waals surface area contributed by atoms with E-state index in [2.05, 4.69) is 87.5 Å². The Hall–Kier alpha value is -2.95. The lowest BCUT2D eigenvalue weighted by molar-refractivity contribution is -0.137. The van der Waals surface area contributed by atoms with Crippen molar-refractivity contribution in [3.8, 4) is 0 Å². The second-order valence-corrected chi connectivity index (χ2v) is 14.8. The average Bonchev–Trinajstić information content (AvgIpc) is 3.31. The van der Waals surface area contributed by atoms with Gasteiger partial charge in [-0.1, -0.05) is 106 Å². The summed E-state index contributed by atoms with van der Waals surface area (Å²) in [5.74, 6) is 0.621. The third-order valence-corrected chi connectivity index (χ3v) is 12.4. The molecule has 0 bridgehead atoms. The first-order chi connectivity index (χ1) is 16.3. The number of ketones is 1. The van der Waals surface area contributed by atoms with E-state index in [-0.39, 0.29) is 16.7 Å². The van der Waals surface area contributed by atoms with Gasteiger partial charge in [0.05, 0.1) is 5.76 Å². The first-order valence-electron chi connectivity index (χ1n) is 12.0. The number of carbonyl (C=O) groups excluding carboxylic acids is 1. The van der Waals surface area contributed by atoms with Crippen molar-refractivity contribution < 1.29 is 14.0 Å². The van der Waals surface area contributed by atoms with Crippen LogP contribution in [-0.2, 0) is 26.0 Å². The molecule has 0 saturated heterocycles. The first kappa shape index (κ1) is 22.8. The first-order valence-corrected chi connectivity index (χ1v) is 13.9. The molecule has 2 aliphatic rings. The van der Waals surface area contributed by atoms with Crippen LogP contribution < -0.4 is 10.4 Å². The third kappa shape index (κ3) is 3.39. The second kappa shape index (κ2) is 8.37. The number of allylic oxidation sites excluding steroid dienone is 1. The van der Waals surface area contributed by atoms with Crippen molar-refractivity contribution in [1.82, 2.24) is 0 Å². The smallest absolute Gasteiger partial charge is 0.261 e. The summed E-state index contributed by atoms with van der Waals surface area (Å²) in [6, 6.07) is 29.5. The standard InChI is InChI=1S/C30H32O3Si/c1-22-19-28(31)30(33-22)24(20-23-13-11-12-18-27(23)30)21-32-34(29(2,3)4,25-14-7-5-8-15-25)26-16-9-6-10-17-26/h5-19,24H,20-21H2,1-4H3. The highest BCUT2D eigenvalue weighted by Crippen LogP contribution is 2.50. The lowest BCUT2D eigenvalue weighted by atomic mass is 9.84. The van der Waals surface area contributed by atoms with E-state index in [1.165, 1.54) is 15.9 Å². The molecule has 34 heavy (non-hydrogen) atoms. The zero-order chi connectivity index (χ0) is 24.0. The molecule has 3 aromatic rings. The van der Waals surface area contributed by atoms with Crippen LogP contribution in [0.2, 0.25) is 5.04 Å². The molecule has 0 N–H and O–H groups in total. The van der Waals surface area contributed by atoms with Crippen molar-refractivity contribution in [2.45, 2.75) is 44.8 Å². The van der Waals surface area contributed by atoms with Crippen molar-refractivity contribution in [3.05, 3.63) is 108 Å². The van der Waals surface area contributed by atoms with Gasteiger partial charge < -0.3 is 9.16 Å². The molecule has 0 saturated carbocycles. The Kier molecular flexibility index (Phi) is 5.62. The molecule has 1 aliphatic carbocycles. The Morgan fingerprint density at radius 1 is 0.912 bits per heavy atom. The van der Waals surface area contributed by atoms with Gasteiger partial charge in [-0.3, -0.25) is 4.79 Å². The fourth-order valence-electron chi connectivity index (χ4n) is 5.95. The average molecular weight is 469 g/mol. The minimum Gasteiger partial charge on any atom is -0.478 e. The van der Waals surface area contributed by atoms with Gasteiger partial charge in [-0.25, -0.2) is 0 Å². The maximum Gasteiger partial charge on any atom is 0.261 e. The van der Waals surface area contributed by atoms with Crippen LogP contribution in [0.25, 0.3) is 0 Å². The number of hydrogen-bond donors (Lipinski definition) is 0. The van der Waals surface area contributed by atoms with E-state index in [9.17, 15) is 4.79 Å². The van der Waals surface area contributed by atoms with Gasteiger partial charge in [0, 0.05) is 24.2 Å². The molecule has 3 nitrogen and oxygen atoms in total. The quantitative estimate of drug-likeness (QED) is 0.487. The molecule has 0 fully saturated rings. The van der Waals surface area contributed by atoms with Crippen LogP contribution in [0.3, 0.4) is 0 Å². The number of fused-ring (bicyclic) bond motifs is 2. The molecule has 174 valence electrons. The third-order valence-electron chi connectivity index (χ3n) is 7.40. The lowest BCUT2D eigenvalue weighted by Gasteiger charge is -2.44. The SMILES string of the molecule is CC1=CC(=O)C2(O1)c1ccccc1CC2CO[Si](c1ccccc1)(c1ccccc1)C(C)(C)C. The minimum absolute atomic E-state index is 0.0333. The van der Waals surface area contributed by atoms with E-state index < -0.39 is 13.9 Å². The zero-order valence-corrected chi connectivity index (χ0v) is 21.4. The molecule has 1 heterocycles. The van der Waals surface area contributed by atoms with Crippen LogP contribution in [0.5, 0.6) is 0 Å². The molecule has 2 atom stereocenters. The Bertz CT molecular complexity index is 1190. The van der Waals surface area contributed by atoms with Crippen LogP contribution in [0.4, 0.5) is 0 Å². The summed E-state index contributed by atoms with van der Waals surface area (Å²) in [4.78, 5) is 13.4. The second-order valence-electron chi connectivity index (χ2n) is 10.5. The molecule has 4 heteroatoms. The van der Waals surface area contributed by atoms with Gasteiger partial charge in [-0.15, -0.1) is 0 Å². The topological polar surface area (TPSA) is 35.5 Å². The number of carbonyl (C=O) groups is 1. The summed E-state index contributed by atoms with van der Waals surface area (Å²) in [5.41, 5.74) is 1.19. The van der Waals surface area contributed by atoms with Crippen molar-refractivity contribution in [2.24, 2.45) is 5.92 Å². The summed E-state index contributed by atoms with van der Waals surface area (Å²) >= 11 is 0. The van der Waals surface area contributed by atoms with Gasteiger partial charge in [0.2, 0.25) is 11.4 Å². The van der Waals surface area contributed by atoms with Crippen molar-refractivity contribution >= 4 is 24.5 Å². The molecule has 1 aliphatic heterocycles. The van der Waals surface area contributed by atoms with Crippen LogP contribution in [0.1, 0.15) is 38.8 Å². The van der Waals surface area contributed by atoms with Gasteiger partial charge >= 0.3 is 0 Å². The number of hydrogen-bond acceptors (Lipinski definition) is 3. The largest absolute Gasteiger partial charge is 0.478 e. The molecule has 0 aromatic heterocycles. The van der Waals surface area contributed by atoms with E-state index in [1.807, 2.05) is 25.1 Å². The van der Waals surface area contributed by atoms with E-state index in [0.717, 1.165) is 12.0 Å². The van der Waals surface area contributed by atoms with Gasteiger partial charge in [0.25, 0.3) is 8.32 Å². The summed E-state index contributed by atoms with van der Waals surface area (Å²) < 4.78 is 13.6. The van der Waals surface area contributed by atoms with Crippen molar-refractivity contribution in [1.29, 1.82) is 0 Å². The molecule has 5 rings (SSSR count). The Morgan fingerprint density at radius 2 is 1.47 bits per heavy atom. The fourth-order valence-corrected chi connectivity index (χ4v) is 10.6. The number of rotatable bonds is 5. The maximum absolute atomic E-state index is 13.4. The Labute approximate surface area is 203 Å². The van der Waals surface area contributed by atoms with Crippen LogP contribution >= 0.6 is 0 Å². The highest BCUT2D eigenvalue weighted by Gasteiger charge is 2.58. The molecule has 1 spiro atoms. The highest BCUT2D eigenvalue weighted by atomic mass is 28.4. The lowest BCUT2D eigenvalue weighted by Crippen LogP contribution is -2.67. The normalized spacial score (nSPS) is 21.9. The van der Waals surface area contributed by atoms with E-state index in [0.29, 0.717) is 12.4 Å². The van der Waals surface area contributed by atoms with E-state index in [4.69, 9.17) is 9.16 Å². The molecule has 0 radical (unpaired) electrons. The summed E-state index contributed by atoms with van der Waals surface area (Å²) in [5, 5.41) is 2.36. The van der Waals surface area contributed by atoms with Crippen molar-refractivity contribution in [2.75, 3.05) is 6.61 Å². The summed E-state index contributed by atoms with van der Waals surface area (Å²) in [6.45, 7) is 9.16. The van der Waals surface area contributed by atoms with E-state index in [1.54, 1.807) is 6.08 Å². The molecule has 3 aromatic carbocycles. The van der Waals surface area contributed by atoms with Gasteiger partial charge in [0.15, 0.2) is 0 Å². The zero-order valence-electron chi connectivity index (χ0n) is 20.4. The Morgan fingerprint density at radius 3 is 2.00 bits per heavy atom.